The van der Waals surface area contributed by atoms with E-state index in [1.165, 1.54) is 0 Å². The number of hydrogen-bond acceptors (Lipinski definition) is 3. The van der Waals surface area contributed by atoms with Crippen molar-refractivity contribution in [3.63, 3.8) is 0 Å². The maximum absolute atomic E-state index is 10.5. The molecule has 1 fully saturated rings. The van der Waals surface area contributed by atoms with E-state index in [0.29, 0.717) is 16.6 Å². The van der Waals surface area contributed by atoms with Crippen LogP contribution in [-0.2, 0) is 0 Å². The van der Waals surface area contributed by atoms with Gasteiger partial charge in [-0.25, -0.2) is 0 Å². The van der Waals surface area contributed by atoms with Gasteiger partial charge in [0.1, 0.15) is 5.75 Å². The first-order valence-corrected chi connectivity index (χ1v) is 11.2. The fourth-order valence-corrected chi connectivity index (χ4v) is 4.95. The fourth-order valence-electron chi connectivity index (χ4n) is 4.47. The zero-order chi connectivity index (χ0) is 22.3. The summed E-state index contributed by atoms with van der Waals surface area (Å²) < 4.78 is 2.06. The molecule has 1 aromatic carbocycles. The molecule has 1 aliphatic heterocycles. The summed E-state index contributed by atoms with van der Waals surface area (Å²) >= 11 is 12.0. The van der Waals surface area contributed by atoms with Crippen LogP contribution in [-0.4, -0.2) is 31.2 Å². The third-order valence-electron chi connectivity index (χ3n) is 5.73. The standard InChI is InChI=1S/C24H27ClN4OS/c1-14(2)13-28-23(22(27-24(28)31)19-7-5-6-10-26-19)18-11-15(3)29(16(18)4)20-12-17(25)8-9-21(20)30/h5-12,14,22-23,30H,13H2,1-4H3,(H,27,31)/t22-,23-/m1/s1. The van der Waals surface area contributed by atoms with Crippen molar-refractivity contribution in [2.75, 3.05) is 6.54 Å². The number of hydrogen-bond donors (Lipinski definition) is 2. The van der Waals surface area contributed by atoms with E-state index in [2.05, 4.69) is 46.6 Å². The summed E-state index contributed by atoms with van der Waals surface area (Å²) in [6.45, 7) is 9.35. The predicted octanol–water partition coefficient (Wildman–Crippen LogP) is 5.48. The molecule has 4 rings (SSSR count). The lowest BCUT2D eigenvalue weighted by Gasteiger charge is -2.29. The van der Waals surface area contributed by atoms with E-state index in [1.807, 2.05) is 31.3 Å². The Hall–Kier alpha value is -2.57. The van der Waals surface area contributed by atoms with Crippen molar-refractivity contribution >= 4 is 28.9 Å². The second-order valence-electron chi connectivity index (χ2n) is 8.47. The normalized spacial score (nSPS) is 18.6. The molecule has 1 aliphatic rings. The van der Waals surface area contributed by atoms with Gasteiger partial charge in [0.2, 0.25) is 0 Å². The highest BCUT2D eigenvalue weighted by atomic mass is 35.5. The zero-order valence-electron chi connectivity index (χ0n) is 18.1. The highest BCUT2D eigenvalue weighted by molar-refractivity contribution is 7.80. The van der Waals surface area contributed by atoms with Crippen molar-refractivity contribution in [1.29, 1.82) is 0 Å². The van der Waals surface area contributed by atoms with Crippen LogP contribution in [0.3, 0.4) is 0 Å². The van der Waals surface area contributed by atoms with E-state index in [9.17, 15) is 5.11 Å². The van der Waals surface area contributed by atoms with Gasteiger partial charge in [-0.15, -0.1) is 0 Å². The largest absolute Gasteiger partial charge is 0.506 e. The Bertz CT molecular complexity index is 1110. The number of rotatable bonds is 5. The van der Waals surface area contributed by atoms with Crippen LogP contribution in [0.1, 0.15) is 48.6 Å². The molecule has 3 heterocycles. The maximum Gasteiger partial charge on any atom is 0.170 e. The summed E-state index contributed by atoms with van der Waals surface area (Å²) in [6.07, 6.45) is 1.81. The average Bonchev–Trinajstić information content (AvgIpc) is 3.20. The molecule has 0 radical (unpaired) electrons. The van der Waals surface area contributed by atoms with Crippen molar-refractivity contribution in [2.45, 2.75) is 39.8 Å². The first-order chi connectivity index (χ1) is 14.8. The zero-order valence-corrected chi connectivity index (χ0v) is 19.7. The van der Waals surface area contributed by atoms with Crippen molar-refractivity contribution in [2.24, 2.45) is 5.92 Å². The van der Waals surface area contributed by atoms with E-state index in [0.717, 1.165) is 34.3 Å². The molecule has 0 unspecified atom stereocenters. The number of aromatic hydroxyl groups is 1. The quantitative estimate of drug-likeness (QED) is 0.500. The van der Waals surface area contributed by atoms with Crippen LogP contribution in [0.4, 0.5) is 0 Å². The summed E-state index contributed by atoms with van der Waals surface area (Å²) in [5.74, 6) is 0.642. The Morgan fingerprint density at radius 2 is 1.97 bits per heavy atom. The van der Waals surface area contributed by atoms with Gasteiger partial charge in [0.25, 0.3) is 0 Å². The molecule has 0 aliphatic carbocycles. The van der Waals surface area contributed by atoms with Crippen molar-refractivity contribution in [3.8, 4) is 11.4 Å². The lowest BCUT2D eigenvalue weighted by atomic mass is 9.96. The van der Waals surface area contributed by atoms with Gasteiger partial charge in [-0.2, -0.15) is 0 Å². The van der Waals surface area contributed by atoms with Crippen molar-refractivity contribution < 1.29 is 5.11 Å². The second-order valence-corrected chi connectivity index (χ2v) is 9.29. The third-order valence-corrected chi connectivity index (χ3v) is 6.31. The number of aryl methyl sites for hydroxylation is 1. The molecule has 7 heteroatoms. The van der Waals surface area contributed by atoms with Crippen LogP contribution in [0.5, 0.6) is 5.75 Å². The number of halogens is 1. The Morgan fingerprint density at radius 3 is 2.65 bits per heavy atom. The first-order valence-electron chi connectivity index (χ1n) is 10.4. The molecule has 5 nitrogen and oxygen atoms in total. The molecule has 31 heavy (non-hydrogen) atoms. The first kappa shape index (κ1) is 21.7. The summed E-state index contributed by atoms with van der Waals surface area (Å²) in [5, 5.41) is 15.3. The molecular weight excluding hydrogens is 428 g/mol. The Kier molecular flexibility index (Phi) is 5.95. The minimum Gasteiger partial charge on any atom is -0.506 e. The summed E-state index contributed by atoms with van der Waals surface area (Å²) in [4.78, 5) is 6.88. The molecule has 2 N–H and O–H groups in total. The third kappa shape index (κ3) is 4.02. The van der Waals surface area contributed by atoms with Gasteiger partial charge in [-0.3, -0.25) is 4.98 Å². The maximum atomic E-state index is 10.5. The molecule has 3 aromatic rings. The van der Waals surface area contributed by atoms with Crippen molar-refractivity contribution in [3.05, 3.63) is 76.3 Å². The molecule has 0 amide bonds. The van der Waals surface area contributed by atoms with Gasteiger partial charge in [-0.1, -0.05) is 31.5 Å². The highest BCUT2D eigenvalue weighted by Crippen LogP contribution is 2.42. The number of phenolic OH excluding ortho intramolecular Hbond substituents is 1. The minimum absolute atomic E-state index is 0.00826. The summed E-state index contributed by atoms with van der Waals surface area (Å²) in [6, 6.07) is 13.2. The lowest BCUT2D eigenvalue weighted by molar-refractivity contribution is 0.287. The monoisotopic (exact) mass is 454 g/mol. The molecule has 0 spiro atoms. The van der Waals surface area contributed by atoms with E-state index in [-0.39, 0.29) is 17.8 Å². The molecule has 1 saturated heterocycles. The molecular formula is C24H27ClN4OS. The van der Waals surface area contributed by atoms with Crippen LogP contribution >= 0.6 is 23.8 Å². The molecule has 0 bridgehead atoms. The van der Waals surface area contributed by atoms with Crippen LogP contribution in [0.15, 0.2) is 48.7 Å². The Labute approximate surface area is 193 Å². The molecule has 2 aromatic heterocycles. The van der Waals surface area contributed by atoms with Crippen LogP contribution < -0.4 is 5.32 Å². The lowest BCUT2D eigenvalue weighted by Crippen LogP contribution is -2.33. The predicted molar refractivity (Wildman–Crippen MR) is 129 cm³/mol. The molecule has 0 saturated carbocycles. The number of phenols is 1. The fraction of sp³-hybridized carbons (Fsp3) is 0.333. The van der Waals surface area contributed by atoms with Crippen LogP contribution in [0.25, 0.3) is 5.69 Å². The number of nitrogens with one attached hydrogen (secondary N) is 1. The van der Waals surface area contributed by atoms with E-state index in [1.54, 1.807) is 18.2 Å². The van der Waals surface area contributed by atoms with Crippen LogP contribution in [0, 0.1) is 19.8 Å². The van der Waals surface area contributed by atoms with Gasteiger partial charge in [0, 0.05) is 29.2 Å². The number of aromatic nitrogens is 2. The topological polar surface area (TPSA) is 53.3 Å². The van der Waals surface area contributed by atoms with E-state index >= 15 is 0 Å². The second kappa shape index (κ2) is 8.52. The van der Waals surface area contributed by atoms with Gasteiger partial charge < -0.3 is 19.9 Å². The molecule has 162 valence electrons. The number of benzene rings is 1. The number of pyridine rings is 1. The number of nitrogens with zero attached hydrogens (tertiary/aromatic N) is 3. The Morgan fingerprint density at radius 1 is 1.19 bits per heavy atom. The van der Waals surface area contributed by atoms with Gasteiger partial charge >= 0.3 is 0 Å². The van der Waals surface area contributed by atoms with Crippen molar-refractivity contribution in [1.82, 2.24) is 19.8 Å². The summed E-state index contributed by atoms with van der Waals surface area (Å²) in [7, 11) is 0. The highest BCUT2D eigenvalue weighted by Gasteiger charge is 2.41. The average molecular weight is 455 g/mol. The molecule has 2 atom stereocenters. The summed E-state index contributed by atoms with van der Waals surface area (Å²) in [5.41, 5.74) is 4.84. The van der Waals surface area contributed by atoms with Gasteiger partial charge in [0.05, 0.1) is 23.5 Å². The smallest absolute Gasteiger partial charge is 0.170 e. The van der Waals surface area contributed by atoms with Gasteiger partial charge in [-0.05, 0) is 73.9 Å². The van der Waals surface area contributed by atoms with Crippen LogP contribution in [0.2, 0.25) is 5.02 Å². The SMILES string of the molecule is Cc1cc([C@@H]2[C@@H](c3ccccn3)NC(=S)N2CC(C)C)c(C)n1-c1cc(Cl)ccc1O. The van der Waals surface area contributed by atoms with E-state index < -0.39 is 0 Å². The minimum atomic E-state index is -0.0608. The Balaban J connectivity index is 1.86. The van der Waals surface area contributed by atoms with Gasteiger partial charge in [0.15, 0.2) is 5.11 Å². The number of thiocarbonyl (C=S) groups is 1. The van der Waals surface area contributed by atoms with E-state index in [4.69, 9.17) is 23.8 Å².